The summed E-state index contributed by atoms with van der Waals surface area (Å²) in [5.41, 5.74) is -3.40. The number of nitrogens with one attached hydrogen (secondary N) is 2. The van der Waals surface area contributed by atoms with E-state index in [2.05, 4.69) is 9.97 Å². The largest absolute Gasteiger partial charge is 0.455 e. The summed E-state index contributed by atoms with van der Waals surface area (Å²) < 4.78 is 25.9. The van der Waals surface area contributed by atoms with Crippen molar-refractivity contribution in [2.75, 3.05) is 0 Å². The van der Waals surface area contributed by atoms with Crippen LogP contribution in [0.15, 0.2) is 31.6 Å². The Hall–Kier alpha value is -3.78. The molecule has 1 aliphatic heterocycles. The zero-order valence-corrected chi connectivity index (χ0v) is 20.8. The van der Waals surface area contributed by atoms with Crippen LogP contribution in [0.1, 0.15) is 50.5 Å². The first-order valence-electron chi connectivity index (χ1n) is 11.7. The number of esters is 2. The van der Waals surface area contributed by atoms with Gasteiger partial charge in [0.1, 0.15) is 12.3 Å². The van der Waals surface area contributed by atoms with Crippen LogP contribution in [0.5, 0.6) is 0 Å². The van der Waals surface area contributed by atoms with E-state index in [0.717, 1.165) is 4.57 Å². The minimum atomic E-state index is -1.35. The molecule has 14 nitrogen and oxygen atoms in total. The van der Waals surface area contributed by atoms with Gasteiger partial charge in [0, 0.05) is 37.4 Å². The Morgan fingerprint density at radius 3 is 2.27 bits per heavy atom. The third-order valence-corrected chi connectivity index (χ3v) is 6.60. The SMILES string of the molecule is CC(=O)O[C@H]1[C@H](n2cc(C)c(=O)[nH]c2=O)OC2(CCC[C@H]2OCn2cc(C)c(=O)[nH]c2=O)[C@H]1OC(C)=O. The molecule has 2 aromatic heterocycles. The van der Waals surface area contributed by atoms with Crippen LogP contribution < -0.4 is 22.5 Å². The van der Waals surface area contributed by atoms with Crippen molar-refractivity contribution in [1.29, 1.82) is 0 Å². The lowest BCUT2D eigenvalue weighted by atomic mass is 9.91. The maximum absolute atomic E-state index is 12.7. The van der Waals surface area contributed by atoms with E-state index in [4.69, 9.17) is 18.9 Å². The second-order valence-corrected chi connectivity index (χ2v) is 9.26. The normalized spacial score (nSPS) is 26.9. The van der Waals surface area contributed by atoms with Gasteiger partial charge in [-0.25, -0.2) is 9.59 Å². The Kier molecular flexibility index (Phi) is 7.06. The lowest BCUT2D eigenvalue weighted by molar-refractivity contribution is -0.190. The molecule has 0 amide bonds. The molecule has 0 bridgehead atoms. The second kappa shape index (κ2) is 9.94. The third kappa shape index (κ3) is 4.93. The first-order valence-corrected chi connectivity index (χ1v) is 11.7. The lowest BCUT2D eigenvalue weighted by Crippen LogP contribution is -2.52. The third-order valence-electron chi connectivity index (χ3n) is 6.60. The molecule has 37 heavy (non-hydrogen) atoms. The van der Waals surface area contributed by atoms with Crippen LogP contribution in [-0.2, 0) is 35.3 Å². The van der Waals surface area contributed by atoms with Crippen molar-refractivity contribution >= 4 is 11.9 Å². The maximum atomic E-state index is 12.7. The zero-order chi connectivity index (χ0) is 27.1. The molecule has 1 saturated carbocycles. The highest BCUT2D eigenvalue weighted by molar-refractivity contribution is 5.67. The fraction of sp³-hybridized carbons (Fsp3) is 0.565. The van der Waals surface area contributed by atoms with Gasteiger partial charge in [-0.05, 0) is 33.1 Å². The molecule has 1 aliphatic carbocycles. The first kappa shape index (κ1) is 26.3. The monoisotopic (exact) mass is 520 g/mol. The summed E-state index contributed by atoms with van der Waals surface area (Å²) in [6, 6.07) is 0. The van der Waals surface area contributed by atoms with Gasteiger partial charge in [0.2, 0.25) is 0 Å². The van der Waals surface area contributed by atoms with E-state index in [1.165, 1.54) is 37.7 Å². The topological polar surface area (TPSA) is 181 Å². The Morgan fingerprint density at radius 2 is 1.62 bits per heavy atom. The first-order chi connectivity index (χ1) is 17.4. The number of carbonyl (C=O) groups is 2. The summed E-state index contributed by atoms with van der Waals surface area (Å²) in [6.07, 6.45) is -0.451. The van der Waals surface area contributed by atoms with Crippen molar-refractivity contribution in [3.05, 3.63) is 65.2 Å². The van der Waals surface area contributed by atoms with E-state index in [0.29, 0.717) is 24.8 Å². The van der Waals surface area contributed by atoms with Crippen LogP contribution in [0.3, 0.4) is 0 Å². The van der Waals surface area contributed by atoms with Gasteiger partial charge >= 0.3 is 23.3 Å². The summed E-state index contributed by atoms with van der Waals surface area (Å²) in [5, 5.41) is 0. The summed E-state index contributed by atoms with van der Waals surface area (Å²) >= 11 is 0. The van der Waals surface area contributed by atoms with Crippen LogP contribution in [0.4, 0.5) is 0 Å². The number of H-pyrrole nitrogens is 2. The van der Waals surface area contributed by atoms with Gasteiger partial charge in [-0.2, -0.15) is 0 Å². The molecule has 0 aromatic carbocycles. The smallest absolute Gasteiger partial charge is 0.330 e. The standard InChI is InChI=1S/C23H28N4O10/c1-11-8-26(21(32)24-18(11)30)10-34-15-6-5-7-23(15)17(36-14(4)29)16(35-13(3)28)20(37-23)27-9-12(2)19(31)25-22(27)33/h8-9,15-17,20H,5-7,10H2,1-4H3,(H,24,30,32)(H,25,31,33)/t15-,16-,17+,20-,23?/m1/s1. The number of nitrogens with zero attached hydrogens (tertiary/aromatic N) is 2. The van der Waals surface area contributed by atoms with E-state index in [9.17, 15) is 28.8 Å². The molecule has 5 atom stereocenters. The molecular formula is C23H28N4O10. The minimum absolute atomic E-state index is 0.210. The molecule has 14 heteroatoms. The van der Waals surface area contributed by atoms with Crippen LogP contribution >= 0.6 is 0 Å². The van der Waals surface area contributed by atoms with Gasteiger partial charge in [-0.3, -0.25) is 38.3 Å². The summed E-state index contributed by atoms with van der Waals surface area (Å²) in [5.74, 6) is -1.37. The van der Waals surface area contributed by atoms with E-state index < -0.39 is 64.6 Å². The second-order valence-electron chi connectivity index (χ2n) is 9.26. The molecule has 1 spiro atoms. The Balaban J connectivity index is 1.75. The highest BCUT2D eigenvalue weighted by atomic mass is 16.7. The van der Waals surface area contributed by atoms with E-state index >= 15 is 0 Å². The maximum Gasteiger partial charge on any atom is 0.330 e. The van der Waals surface area contributed by atoms with Crippen LogP contribution in [0.2, 0.25) is 0 Å². The fourth-order valence-electron chi connectivity index (χ4n) is 4.97. The number of aryl methyl sites for hydroxylation is 2. The predicted molar refractivity (Wildman–Crippen MR) is 125 cm³/mol. The zero-order valence-electron chi connectivity index (χ0n) is 20.8. The number of carbonyl (C=O) groups excluding carboxylic acids is 2. The summed E-state index contributed by atoms with van der Waals surface area (Å²) in [7, 11) is 0. The van der Waals surface area contributed by atoms with E-state index in [1.54, 1.807) is 6.92 Å². The molecule has 4 rings (SSSR count). The van der Waals surface area contributed by atoms with E-state index in [-0.39, 0.29) is 12.3 Å². The average Bonchev–Trinajstić information content (AvgIpc) is 3.34. The number of hydrogen-bond donors (Lipinski definition) is 2. The van der Waals surface area contributed by atoms with Crippen LogP contribution in [-0.4, -0.2) is 55.0 Å². The molecule has 2 aromatic rings. The van der Waals surface area contributed by atoms with Crippen LogP contribution in [0, 0.1) is 13.8 Å². The summed E-state index contributed by atoms with van der Waals surface area (Å²) in [4.78, 5) is 77.1. The molecular weight excluding hydrogens is 492 g/mol. The van der Waals surface area contributed by atoms with Crippen molar-refractivity contribution < 1.29 is 28.5 Å². The minimum Gasteiger partial charge on any atom is -0.455 e. The predicted octanol–water partition coefficient (Wildman–Crippen LogP) is -0.639. The quantitative estimate of drug-likeness (QED) is 0.465. The number of aromatic nitrogens is 4. The highest BCUT2D eigenvalue weighted by Crippen LogP contribution is 2.50. The Labute approximate surface area is 209 Å². The molecule has 1 unspecified atom stereocenters. The van der Waals surface area contributed by atoms with Gasteiger partial charge in [-0.1, -0.05) is 0 Å². The van der Waals surface area contributed by atoms with E-state index in [1.807, 2.05) is 0 Å². The molecule has 200 valence electrons. The number of rotatable bonds is 6. The molecule has 2 fully saturated rings. The highest BCUT2D eigenvalue weighted by Gasteiger charge is 2.65. The molecule has 1 saturated heterocycles. The molecule has 2 N–H and O–H groups in total. The van der Waals surface area contributed by atoms with Gasteiger partial charge < -0.3 is 18.9 Å². The summed E-state index contributed by atoms with van der Waals surface area (Å²) in [6.45, 7) is 5.15. The van der Waals surface area contributed by atoms with Crippen molar-refractivity contribution in [1.82, 2.24) is 19.1 Å². The lowest BCUT2D eigenvalue weighted by Gasteiger charge is -2.35. The van der Waals surface area contributed by atoms with Crippen molar-refractivity contribution in [2.24, 2.45) is 0 Å². The fourth-order valence-corrected chi connectivity index (χ4v) is 4.97. The number of hydrogen-bond acceptors (Lipinski definition) is 10. The molecule has 2 aliphatic rings. The van der Waals surface area contributed by atoms with Crippen LogP contribution in [0.25, 0.3) is 0 Å². The number of aromatic amines is 2. The van der Waals surface area contributed by atoms with Gasteiger partial charge in [0.15, 0.2) is 18.4 Å². The number of ether oxygens (including phenoxy) is 4. The Bertz CT molecular complexity index is 1450. The molecule has 0 radical (unpaired) electrons. The van der Waals surface area contributed by atoms with Crippen molar-refractivity contribution in [2.45, 2.75) is 83.8 Å². The average molecular weight is 520 g/mol. The molecule has 3 heterocycles. The van der Waals surface area contributed by atoms with Gasteiger partial charge in [-0.15, -0.1) is 0 Å². The van der Waals surface area contributed by atoms with Gasteiger partial charge in [0.05, 0.1) is 6.10 Å². The van der Waals surface area contributed by atoms with Crippen molar-refractivity contribution in [3.63, 3.8) is 0 Å². The Morgan fingerprint density at radius 1 is 1.00 bits per heavy atom. The van der Waals surface area contributed by atoms with Gasteiger partial charge in [0.25, 0.3) is 11.1 Å². The van der Waals surface area contributed by atoms with Crippen molar-refractivity contribution in [3.8, 4) is 0 Å².